The van der Waals surface area contributed by atoms with Crippen LogP contribution in [0, 0.1) is 6.42 Å². The number of ether oxygens (including phenoxy) is 1. The van der Waals surface area contributed by atoms with Gasteiger partial charge in [-0.25, -0.2) is 0 Å². The standard InChI is InChI=1S/C10H15O2/c1-2-3-9-12-10(11)7-5-4-6-8-10/h4-8,11H,2-3,9H2,1H3. The Morgan fingerprint density at radius 1 is 1.33 bits per heavy atom. The molecule has 0 spiro atoms. The maximum Gasteiger partial charge on any atom is 0.192 e. The summed E-state index contributed by atoms with van der Waals surface area (Å²) in [7, 11) is 0. The molecule has 0 saturated carbocycles. The third kappa shape index (κ3) is 2.80. The van der Waals surface area contributed by atoms with Gasteiger partial charge in [-0.1, -0.05) is 31.6 Å². The Morgan fingerprint density at radius 3 is 2.75 bits per heavy atom. The van der Waals surface area contributed by atoms with Gasteiger partial charge in [0.15, 0.2) is 5.79 Å². The van der Waals surface area contributed by atoms with E-state index in [-0.39, 0.29) is 0 Å². The molecular formula is C10H15O2. The van der Waals surface area contributed by atoms with Gasteiger partial charge in [-0.05, 0) is 12.5 Å². The minimum absolute atomic E-state index is 0.599. The highest BCUT2D eigenvalue weighted by molar-refractivity contribution is 5.23. The van der Waals surface area contributed by atoms with Crippen LogP contribution in [0.4, 0.5) is 0 Å². The topological polar surface area (TPSA) is 29.5 Å². The maximum atomic E-state index is 9.68. The van der Waals surface area contributed by atoms with E-state index in [9.17, 15) is 5.11 Å². The number of unbranched alkanes of at least 4 members (excludes halogenated alkanes) is 1. The normalized spacial score (nSPS) is 27.8. The molecule has 0 bridgehead atoms. The first-order valence-corrected chi connectivity index (χ1v) is 4.33. The third-order valence-corrected chi connectivity index (χ3v) is 1.72. The first-order chi connectivity index (χ1) is 5.77. The Hall–Kier alpha value is -0.600. The van der Waals surface area contributed by atoms with Crippen LogP contribution in [0.15, 0.2) is 24.3 Å². The van der Waals surface area contributed by atoms with Gasteiger partial charge in [0.05, 0.1) is 6.61 Å². The molecule has 2 nitrogen and oxygen atoms in total. The molecule has 0 aromatic carbocycles. The van der Waals surface area contributed by atoms with Gasteiger partial charge in [-0.2, -0.15) is 0 Å². The summed E-state index contributed by atoms with van der Waals surface area (Å²) in [6.07, 6.45) is 10.8. The van der Waals surface area contributed by atoms with E-state index < -0.39 is 5.79 Å². The highest BCUT2D eigenvalue weighted by Crippen LogP contribution is 2.17. The van der Waals surface area contributed by atoms with Gasteiger partial charge in [0.1, 0.15) is 0 Å². The molecule has 1 rings (SSSR count). The van der Waals surface area contributed by atoms with Crippen molar-refractivity contribution >= 4 is 0 Å². The Bertz CT molecular complexity index is 184. The molecule has 0 aromatic rings. The highest BCUT2D eigenvalue weighted by atomic mass is 16.6. The van der Waals surface area contributed by atoms with Crippen molar-refractivity contribution in [2.45, 2.75) is 25.6 Å². The van der Waals surface area contributed by atoms with Crippen molar-refractivity contribution in [3.8, 4) is 0 Å². The van der Waals surface area contributed by atoms with Crippen LogP contribution in [-0.2, 0) is 4.74 Å². The lowest BCUT2D eigenvalue weighted by Crippen LogP contribution is -2.31. The van der Waals surface area contributed by atoms with E-state index in [1.807, 2.05) is 6.08 Å². The monoisotopic (exact) mass is 167 g/mol. The molecule has 0 saturated heterocycles. The molecule has 1 radical (unpaired) electrons. The Kier molecular flexibility index (Phi) is 3.50. The van der Waals surface area contributed by atoms with Crippen molar-refractivity contribution < 1.29 is 9.84 Å². The summed E-state index contributed by atoms with van der Waals surface area (Å²) >= 11 is 0. The number of allylic oxidation sites excluding steroid dienone is 2. The van der Waals surface area contributed by atoms with Crippen molar-refractivity contribution in [2.75, 3.05) is 6.61 Å². The van der Waals surface area contributed by atoms with E-state index in [1.54, 1.807) is 24.6 Å². The van der Waals surface area contributed by atoms with Crippen LogP contribution in [0.5, 0.6) is 0 Å². The van der Waals surface area contributed by atoms with Crippen molar-refractivity contribution in [3.05, 3.63) is 30.7 Å². The van der Waals surface area contributed by atoms with E-state index in [1.165, 1.54) is 0 Å². The SMILES string of the molecule is CCCCOC1(O)[CH]C=CC=C1. The van der Waals surface area contributed by atoms with Crippen LogP contribution in [0.1, 0.15) is 19.8 Å². The lowest BCUT2D eigenvalue weighted by Gasteiger charge is -2.24. The third-order valence-electron chi connectivity index (χ3n) is 1.72. The second-order valence-corrected chi connectivity index (χ2v) is 2.86. The number of hydrogen-bond acceptors (Lipinski definition) is 2. The summed E-state index contributed by atoms with van der Waals surface area (Å²) in [6, 6.07) is 0. The van der Waals surface area contributed by atoms with Crippen molar-refractivity contribution in [1.82, 2.24) is 0 Å². The summed E-state index contributed by atoms with van der Waals surface area (Å²) in [5.41, 5.74) is 0. The first-order valence-electron chi connectivity index (χ1n) is 4.33. The summed E-state index contributed by atoms with van der Waals surface area (Å²) < 4.78 is 5.27. The minimum atomic E-state index is -1.16. The largest absolute Gasteiger partial charge is 0.362 e. The molecule has 1 N–H and O–H groups in total. The Balaban J connectivity index is 2.29. The number of hydrogen-bond donors (Lipinski definition) is 1. The van der Waals surface area contributed by atoms with Crippen LogP contribution < -0.4 is 0 Å². The van der Waals surface area contributed by atoms with E-state index in [4.69, 9.17) is 4.74 Å². The lowest BCUT2D eigenvalue weighted by molar-refractivity contribution is -0.140. The number of aliphatic hydroxyl groups is 1. The molecule has 1 aliphatic rings. The molecule has 1 atom stereocenters. The molecule has 0 fully saturated rings. The molecule has 1 unspecified atom stereocenters. The van der Waals surface area contributed by atoms with Crippen LogP contribution >= 0.6 is 0 Å². The van der Waals surface area contributed by atoms with Gasteiger partial charge in [-0.15, -0.1) is 0 Å². The van der Waals surface area contributed by atoms with Crippen LogP contribution in [0.2, 0.25) is 0 Å². The second kappa shape index (κ2) is 4.43. The van der Waals surface area contributed by atoms with E-state index in [0.717, 1.165) is 12.8 Å². The van der Waals surface area contributed by atoms with Gasteiger partial charge in [0.25, 0.3) is 0 Å². The fourth-order valence-electron chi connectivity index (χ4n) is 0.983. The smallest absolute Gasteiger partial charge is 0.192 e. The Labute approximate surface area is 73.5 Å². The molecule has 67 valence electrons. The maximum absolute atomic E-state index is 9.68. The van der Waals surface area contributed by atoms with Gasteiger partial charge >= 0.3 is 0 Å². The summed E-state index contributed by atoms with van der Waals surface area (Å²) in [5, 5.41) is 9.68. The zero-order valence-corrected chi connectivity index (χ0v) is 7.36. The predicted molar refractivity (Wildman–Crippen MR) is 48.4 cm³/mol. The van der Waals surface area contributed by atoms with E-state index >= 15 is 0 Å². The molecule has 2 heteroatoms. The molecule has 0 heterocycles. The average molecular weight is 167 g/mol. The summed E-state index contributed by atoms with van der Waals surface area (Å²) in [6.45, 7) is 2.69. The molecule has 0 amide bonds. The summed E-state index contributed by atoms with van der Waals surface area (Å²) in [4.78, 5) is 0. The number of rotatable bonds is 4. The van der Waals surface area contributed by atoms with Crippen LogP contribution in [0.25, 0.3) is 0 Å². The van der Waals surface area contributed by atoms with Crippen molar-refractivity contribution in [2.24, 2.45) is 0 Å². The van der Waals surface area contributed by atoms with Gasteiger partial charge < -0.3 is 9.84 Å². The Morgan fingerprint density at radius 2 is 2.17 bits per heavy atom. The fraction of sp³-hybridized carbons (Fsp3) is 0.500. The summed E-state index contributed by atoms with van der Waals surface area (Å²) in [5.74, 6) is -1.16. The minimum Gasteiger partial charge on any atom is -0.362 e. The molecule has 12 heavy (non-hydrogen) atoms. The fourth-order valence-corrected chi connectivity index (χ4v) is 0.983. The highest BCUT2D eigenvalue weighted by Gasteiger charge is 2.23. The lowest BCUT2D eigenvalue weighted by atomic mass is 10.1. The molecule has 1 aliphatic carbocycles. The predicted octanol–water partition coefficient (Wildman–Crippen LogP) is 1.82. The van der Waals surface area contributed by atoms with E-state index in [2.05, 4.69) is 6.92 Å². The van der Waals surface area contributed by atoms with Crippen molar-refractivity contribution in [1.29, 1.82) is 0 Å². The average Bonchev–Trinajstić information content (AvgIpc) is 2.06. The first kappa shape index (κ1) is 9.49. The zero-order chi connectivity index (χ0) is 8.86. The second-order valence-electron chi connectivity index (χ2n) is 2.86. The van der Waals surface area contributed by atoms with E-state index in [0.29, 0.717) is 6.61 Å². The van der Waals surface area contributed by atoms with Crippen LogP contribution in [0.3, 0.4) is 0 Å². The van der Waals surface area contributed by atoms with Crippen molar-refractivity contribution in [3.63, 3.8) is 0 Å². The quantitative estimate of drug-likeness (QED) is 0.511. The molecular weight excluding hydrogens is 152 g/mol. The molecule has 0 aliphatic heterocycles. The van der Waals surface area contributed by atoms with Gasteiger partial charge in [0, 0.05) is 6.42 Å². The zero-order valence-electron chi connectivity index (χ0n) is 7.36. The molecule has 0 aromatic heterocycles. The van der Waals surface area contributed by atoms with Crippen LogP contribution in [-0.4, -0.2) is 17.5 Å². The van der Waals surface area contributed by atoms with Gasteiger partial charge in [-0.3, -0.25) is 0 Å². The van der Waals surface area contributed by atoms with Gasteiger partial charge in [0.2, 0.25) is 0 Å².